The van der Waals surface area contributed by atoms with Crippen LogP contribution in [0.4, 0.5) is 19.1 Å². The van der Waals surface area contributed by atoms with Crippen LogP contribution in [0.2, 0.25) is 0 Å². The first-order chi connectivity index (χ1) is 16.4. The highest BCUT2D eigenvalue weighted by Crippen LogP contribution is 2.44. The van der Waals surface area contributed by atoms with E-state index in [-0.39, 0.29) is 0 Å². The number of amidine groups is 1. The molecule has 4 aliphatic rings. The van der Waals surface area contributed by atoms with Gasteiger partial charge in [0, 0.05) is 30.5 Å². The molecule has 5 atom stereocenters. The summed E-state index contributed by atoms with van der Waals surface area (Å²) < 4.78 is 45.5. The van der Waals surface area contributed by atoms with E-state index in [1.54, 1.807) is 24.5 Å². The van der Waals surface area contributed by atoms with Gasteiger partial charge in [0.15, 0.2) is 0 Å². The Hall–Kier alpha value is -3.14. The number of ether oxygens (including phenoxy) is 1. The van der Waals surface area contributed by atoms with Crippen LogP contribution >= 0.6 is 0 Å². The second kappa shape index (κ2) is 7.97. The molecule has 1 N–H and O–H groups in total. The highest BCUT2D eigenvalue weighted by molar-refractivity contribution is 5.80. The summed E-state index contributed by atoms with van der Waals surface area (Å²) in [5.41, 5.74) is 0.429. The van der Waals surface area contributed by atoms with Gasteiger partial charge < -0.3 is 15.0 Å². The molecule has 3 unspecified atom stereocenters. The van der Waals surface area contributed by atoms with Crippen molar-refractivity contribution >= 4 is 12.0 Å². The first kappa shape index (κ1) is 21.4. The smallest absolute Gasteiger partial charge is 0.416 e. The Morgan fingerprint density at radius 1 is 1.12 bits per heavy atom. The quantitative estimate of drug-likeness (QED) is 0.711. The van der Waals surface area contributed by atoms with Gasteiger partial charge in [0.2, 0.25) is 5.95 Å². The van der Waals surface area contributed by atoms with Gasteiger partial charge in [0.05, 0.1) is 11.3 Å². The molecule has 2 fully saturated rings. The molecule has 0 amide bonds. The summed E-state index contributed by atoms with van der Waals surface area (Å²) in [6.45, 7) is 0. The summed E-state index contributed by atoms with van der Waals surface area (Å²) in [7, 11) is 2.20. The Morgan fingerprint density at radius 2 is 1.91 bits per heavy atom. The lowest BCUT2D eigenvalue weighted by Gasteiger charge is -2.36. The van der Waals surface area contributed by atoms with Crippen LogP contribution in [0.3, 0.4) is 0 Å². The first-order valence-corrected chi connectivity index (χ1v) is 11.5. The third kappa shape index (κ3) is 3.70. The molecule has 0 radical (unpaired) electrons. The summed E-state index contributed by atoms with van der Waals surface area (Å²) in [4.78, 5) is 18.1. The molecule has 5 heterocycles. The molecule has 0 aliphatic carbocycles. The number of aromatic nitrogens is 2. The molecule has 6 rings (SSSR count). The van der Waals surface area contributed by atoms with Crippen LogP contribution in [0, 0.1) is 0 Å². The minimum atomic E-state index is -4.43. The number of anilines is 1. The molecular formula is C24H25F3N6O. The van der Waals surface area contributed by atoms with Crippen molar-refractivity contribution in [1.82, 2.24) is 19.8 Å². The summed E-state index contributed by atoms with van der Waals surface area (Å²) in [5, 5.41) is 3.51. The number of benzene rings is 1. The summed E-state index contributed by atoms with van der Waals surface area (Å²) >= 11 is 0. The summed E-state index contributed by atoms with van der Waals surface area (Å²) in [5.74, 6) is 0.534. The Morgan fingerprint density at radius 3 is 2.68 bits per heavy atom. The topological polar surface area (TPSA) is 65.9 Å². The van der Waals surface area contributed by atoms with Gasteiger partial charge >= 0.3 is 6.18 Å². The molecule has 34 heavy (non-hydrogen) atoms. The van der Waals surface area contributed by atoms with E-state index < -0.39 is 23.8 Å². The lowest BCUT2D eigenvalue weighted by atomic mass is 9.95. The van der Waals surface area contributed by atoms with Crippen molar-refractivity contribution in [3.63, 3.8) is 0 Å². The predicted octanol–water partition coefficient (Wildman–Crippen LogP) is 4.49. The van der Waals surface area contributed by atoms with Crippen LogP contribution < -0.4 is 5.32 Å². The largest absolute Gasteiger partial charge is 0.432 e. The predicted molar refractivity (Wildman–Crippen MR) is 120 cm³/mol. The SMILES string of the molecule is CN1[C@@H]2CC[C@H]1CC(Nc1nccc(C3C(c4cccc(C(F)(F)F)c4)N=C4OC=CN43)n1)C2. The van der Waals surface area contributed by atoms with Gasteiger partial charge in [-0.3, -0.25) is 4.90 Å². The molecule has 2 saturated heterocycles. The minimum absolute atomic E-state index is 0.300. The Bertz CT molecular complexity index is 1140. The van der Waals surface area contributed by atoms with E-state index >= 15 is 0 Å². The van der Waals surface area contributed by atoms with Crippen molar-refractivity contribution < 1.29 is 17.9 Å². The van der Waals surface area contributed by atoms with E-state index in [1.165, 1.54) is 25.2 Å². The maximum Gasteiger partial charge on any atom is 0.416 e. The second-order valence-electron chi connectivity index (χ2n) is 9.40. The lowest BCUT2D eigenvalue weighted by molar-refractivity contribution is -0.137. The molecule has 4 aliphatic heterocycles. The molecule has 0 saturated carbocycles. The molecule has 0 spiro atoms. The third-order valence-electron chi connectivity index (χ3n) is 7.43. The molecule has 10 heteroatoms. The van der Waals surface area contributed by atoms with Crippen molar-refractivity contribution in [1.29, 1.82) is 0 Å². The summed E-state index contributed by atoms with van der Waals surface area (Å²) in [6.07, 6.45) is 5.06. The standard InChI is InChI=1S/C24H25F3N6O/c1-32-17-5-6-18(32)13-16(12-17)29-22-28-8-7-19(30-22)21-20(31-23-33(21)9-10-34-23)14-3-2-4-15(11-14)24(25,26)27/h2-4,7-11,16-18,20-21H,5-6,12-13H2,1H3,(H,28,29,30)/t16?,17-,18+,20?,21?. The maximum absolute atomic E-state index is 13.4. The van der Waals surface area contributed by atoms with Gasteiger partial charge in [0.25, 0.3) is 6.02 Å². The molecule has 178 valence electrons. The number of rotatable bonds is 4. The number of hydrogen-bond donors (Lipinski definition) is 1. The van der Waals surface area contributed by atoms with Crippen LogP contribution in [0.5, 0.6) is 0 Å². The highest BCUT2D eigenvalue weighted by Gasteiger charge is 2.43. The number of nitrogens with zero attached hydrogens (tertiary/aromatic N) is 5. The van der Waals surface area contributed by atoms with Gasteiger partial charge in [-0.1, -0.05) is 12.1 Å². The Labute approximate surface area is 195 Å². The molecule has 1 aromatic heterocycles. The van der Waals surface area contributed by atoms with Crippen LogP contribution in [-0.4, -0.2) is 51.0 Å². The van der Waals surface area contributed by atoms with E-state index in [0.717, 1.165) is 25.0 Å². The van der Waals surface area contributed by atoms with E-state index in [9.17, 15) is 13.2 Å². The monoisotopic (exact) mass is 470 g/mol. The van der Waals surface area contributed by atoms with Gasteiger partial charge in [-0.05, 0) is 56.5 Å². The Kier molecular flexibility index (Phi) is 5.02. The lowest BCUT2D eigenvalue weighted by Crippen LogP contribution is -2.44. The minimum Gasteiger partial charge on any atom is -0.432 e. The number of alkyl halides is 3. The van der Waals surface area contributed by atoms with E-state index in [1.807, 2.05) is 4.90 Å². The van der Waals surface area contributed by atoms with Gasteiger partial charge in [-0.2, -0.15) is 13.2 Å². The molecule has 7 nitrogen and oxygen atoms in total. The number of nitrogens with one attached hydrogen (secondary N) is 1. The van der Waals surface area contributed by atoms with Gasteiger partial charge in [-0.15, -0.1) is 0 Å². The van der Waals surface area contributed by atoms with Crippen LogP contribution in [0.1, 0.15) is 54.6 Å². The first-order valence-electron chi connectivity index (χ1n) is 11.5. The maximum atomic E-state index is 13.4. The van der Waals surface area contributed by atoms with E-state index in [0.29, 0.717) is 41.4 Å². The van der Waals surface area contributed by atoms with Crippen molar-refractivity contribution in [3.05, 3.63) is 65.8 Å². The zero-order valence-electron chi connectivity index (χ0n) is 18.6. The number of fused-ring (bicyclic) bond motifs is 3. The number of hydrogen-bond acceptors (Lipinski definition) is 7. The Balaban J connectivity index is 1.29. The van der Waals surface area contributed by atoms with Crippen LogP contribution in [-0.2, 0) is 10.9 Å². The van der Waals surface area contributed by atoms with E-state index in [2.05, 4.69) is 27.2 Å². The average molecular weight is 470 g/mol. The van der Waals surface area contributed by atoms with Crippen LogP contribution in [0.25, 0.3) is 0 Å². The normalized spacial score (nSPS) is 30.3. The fourth-order valence-electron chi connectivity index (χ4n) is 5.71. The second-order valence-corrected chi connectivity index (χ2v) is 9.40. The van der Waals surface area contributed by atoms with Gasteiger partial charge in [-0.25, -0.2) is 15.0 Å². The van der Waals surface area contributed by atoms with Crippen molar-refractivity contribution in [2.24, 2.45) is 4.99 Å². The van der Waals surface area contributed by atoms with E-state index in [4.69, 9.17) is 9.72 Å². The molecule has 2 aromatic rings. The average Bonchev–Trinajstić information content (AvgIpc) is 3.45. The van der Waals surface area contributed by atoms with Crippen molar-refractivity contribution in [3.8, 4) is 0 Å². The molecule has 2 bridgehead atoms. The highest BCUT2D eigenvalue weighted by atomic mass is 19.4. The summed E-state index contributed by atoms with van der Waals surface area (Å²) in [6, 6.07) is 7.89. The number of aliphatic imine (C=N–C) groups is 1. The number of halogens is 3. The zero-order valence-corrected chi connectivity index (χ0v) is 18.6. The van der Waals surface area contributed by atoms with Crippen molar-refractivity contribution in [2.75, 3.05) is 12.4 Å². The number of piperidine rings is 1. The fraction of sp³-hybridized carbons (Fsp3) is 0.458. The van der Waals surface area contributed by atoms with Gasteiger partial charge in [0.1, 0.15) is 18.3 Å². The molecule has 1 aromatic carbocycles. The molecular weight excluding hydrogens is 445 g/mol. The van der Waals surface area contributed by atoms with Crippen LogP contribution in [0.15, 0.2) is 54.0 Å². The zero-order chi connectivity index (χ0) is 23.4. The van der Waals surface area contributed by atoms with Crippen molar-refractivity contribution in [2.45, 2.75) is 62.1 Å². The third-order valence-corrected chi connectivity index (χ3v) is 7.43. The fourth-order valence-corrected chi connectivity index (χ4v) is 5.71.